The van der Waals surface area contributed by atoms with Crippen molar-refractivity contribution >= 4 is 15.9 Å². The average Bonchev–Trinajstić information content (AvgIpc) is 3.38. The highest BCUT2D eigenvalue weighted by molar-refractivity contribution is 7.89. The summed E-state index contributed by atoms with van der Waals surface area (Å²) in [4.78, 5) is 17.8. The van der Waals surface area contributed by atoms with Crippen LogP contribution in [-0.4, -0.2) is 63.9 Å². The van der Waals surface area contributed by atoms with Crippen LogP contribution >= 0.6 is 0 Å². The largest absolute Gasteiger partial charge is 0.468 e. The lowest BCUT2D eigenvalue weighted by Crippen LogP contribution is -2.47. The van der Waals surface area contributed by atoms with Crippen molar-refractivity contribution in [3.05, 3.63) is 89.9 Å². The van der Waals surface area contributed by atoms with E-state index in [0.717, 1.165) is 31.7 Å². The average molecular weight is 483 g/mol. The van der Waals surface area contributed by atoms with Crippen LogP contribution in [0.15, 0.2) is 82.3 Å². The summed E-state index contributed by atoms with van der Waals surface area (Å²) < 4.78 is 32.8. The van der Waals surface area contributed by atoms with Gasteiger partial charge in [-0.2, -0.15) is 0 Å². The van der Waals surface area contributed by atoms with Gasteiger partial charge in [-0.05, 0) is 49.0 Å². The van der Waals surface area contributed by atoms with E-state index in [4.69, 9.17) is 4.42 Å². The van der Waals surface area contributed by atoms with Crippen LogP contribution in [-0.2, 0) is 16.6 Å². The zero-order chi connectivity index (χ0) is 24.0. The van der Waals surface area contributed by atoms with Crippen LogP contribution in [0.1, 0.15) is 27.7 Å². The van der Waals surface area contributed by atoms with E-state index in [2.05, 4.69) is 26.9 Å². The molecule has 0 bridgehead atoms. The first kappa shape index (κ1) is 24.2. The number of hydrogen-bond acceptors (Lipinski definition) is 6. The molecule has 9 heteroatoms. The van der Waals surface area contributed by atoms with Gasteiger partial charge in [0.25, 0.3) is 5.91 Å². The molecule has 1 unspecified atom stereocenters. The number of benzene rings is 2. The Balaban J connectivity index is 1.42. The summed E-state index contributed by atoms with van der Waals surface area (Å²) in [6, 6.07) is 19.1. The van der Waals surface area contributed by atoms with Crippen molar-refractivity contribution < 1.29 is 17.6 Å². The zero-order valence-corrected chi connectivity index (χ0v) is 20.0. The van der Waals surface area contributed by atoms with Crippen molar-refractivity contribution in [3.63, 3.8) is 0 Å². The van der Waals surface area contributed by atoms with Crippen molar-refractivity contribution in [2.75, 3.05) is 39.8 Å². The number of amides is 1. The van der Waals surface area contributed by atoms with E-state index in [-0.39, 0.29) is 23.4 Å². The molecule has 4 rings (SSSR count). The minimum Gasteiger partial charge on any atom is -0.468 e. The SMILES string of the molecule is CN1CCN(CC(NC(=O)c2ccc(S(=O)(=O)NCc3ccco3)cc2)c2ccccc2)CC1. The highest BCUT2D eigenvalue weighted by atomic mass is 32.2. The molecule has 1 aliphatic rings. The van der Waals surface area contributed by atoms with Crippen LogP contribution in [0.3, 0.4) is 0 Å². The lowest BCUT2D eigenvalue weighted by Gasteiger charge is -2.35. The number of nitrogens with one attached hydrogen (secondary N) is 2. The maximum atomic E-state index is 13.0. The molecular formula is C25H30N4O4S. The molecule has 180 valence electrons. The lowest BCUT2D eigenvalue weighted by molar-refractivity contribution is 0.0907. The van der Waals surface area contributed by atoms with E-state index in [1.807, 2.05) is 30.3 Å². The van der Waals surface area contributed by atoms with E-state index in [9.17, 15) is 13.2 Å². The van der Waals surface area contributed by atoms with Crippen molar-refractivity contribution in [3.8, 4) is 0 Å². The molecule has 1 aromatic heterocycles. The second-order valence-electron chi connectivity index (χ2n) is 8.47. The number of rotatable bonds is 9. The summed E-state index contributed by atoms with van der Waals surface area (Å²) in [5.74, 6) is 0.280. The molecule has 8 nitrogen and oxygen atoms in total. The fraction of sp³-hybridized carbons (Fsp3) is 0.320. The first-order valence-corrected chi connectivity index (χ1v) is 12.8. The minimum absolute atomic E-state index is 0.0582. The fourth-order valence-electron chi connectivity index (χ4n) is 3.90. The summed E-state index contributed by atoms with van der Waals surface area (Å²) in [6.45, 7) is 4.68. The Hall–Kier alpha value is -2.98. The van der Waals surface area contributed by atoms with Crippen LogP contribution in [0.5, 0.6) is 0 Å². The van der Waals surface area contributed by atoms with Crippen LogP contribution in [0.25, 0.3) is 0 Å². The summed E-state index contributed by atoms with van der Waals surface area (Å²) in [5.41, 5.74) is 1.44. The molecule has 1 aliphatic heterocycles. The number of carbonyl (C=O) groups excluding carboxylic acids is 1. The number of piperazine rings is 1. The summed E-state index contributed by atoms with van der Waals surface area (Å²) in [5, 5.41) is 3.14. The highest BCUT2D eigenvalue weighted by Gasteiger charge is 2.22. The van der Waals surface area contributed by atoms with Crippen molar-refractivity contribution in [2.45, 2.75) is 17.5 Å². The third-order valence-electron chi connectivity index (χ3n) is 5.99. The van der Waals surface area contributed by atoms with Crippen LogP contribution in [0.2, 0.25) is 0 Å². The standard InChI is InChI=1S/C25H30N4O4S/c1-28-13-15-29(16-14-28)19-24(20-6-3-2-4-7-20)27-25(30)21-9-11-23(12-10-21)34(31,32)26-18-22-8-5-17-33-22/h2-12,17,24,26H,13-16,18-19H2,1H3,(H,27,30). The summed E-state index contributed by atoms with van der Waals surface area (Å²) in [6.07, 6.45) is 1.49. The van der Waals surface area contributed by atoms with Gasteiger partial charge in [0.1, 0.15) is 5.76 Å². The Bertz CT molecular complexity index is 1160. The summed E-state index contributed by atoms with van der Waals surface area (Å²) in [7, 11) is -1.61. The first-order valence-electron chi connectivity index (χ1n) is 11.3. The third-order valence-corrected chi connectivity index (χ3v) is 7.40. The molecule has 1 fully saturated rings. The molecule has 0 aliphatic carbocycles. The molecule has 2 aromatic carbocycles. The van der Waals surface area contributed by atoms with E-state index < -0.39 is 10.0 Å². The van der Waals surface area contributed by atoms with Crippen LogP contribution in [0.4, 0.5) is 0 Å². The van der Waals surface area contributed by atoms with Gasteiger partial charge >= 0.3 is 0 Å². The normalized spacial score (nSPS) is 16.3. The number of carbonyl (C=O) groups is 1. The van der Waals surface area contributed by atoms with E-state index in [1.165, 1.54) is 30.5 Å². The van der Waals surface area contributed by atoms with Gasteiger partial charge in [0.15, 0.2) is 0 Å². The second-order valence-corrected chi connectivity index (χ2v) is 10.2. The fourth-order valence-corrected chi connectivity index (χ4v) is 4.89. The quantitative estimate of drug-likeness (QED) is 0.487. The first-order chi connectivity index (χ1) is 16.4. The van der Waals surface area contributed by atoms with Gasteiger partial charge in [-0.15, -0.1) is 0 Å². The molecule has 0 spiro atoms. The van der Waals surface area contributed by atoms with Gasteiger partial charge in [0, 0.05) is 38.3 Å². The zero-order valence-electron chi connectivity index (χ0n) is 19.2. The topological polar surface area (TPSA) is 94.9 Å². The molecule has 34 heavy (non-hydrogen) atoms. The Labute approximate surface area is 200 Å². The smallest absolute Gasteiger partial charge is 0.251 e. The van der Waals surface area contributed by atoms with E-state index in [1.54, 1.807) is 12.1 Å². The summed E-state index contributed by atoms with van der Waals surface area (Å²) >= 11 is 0. The highest BCUT2D eigenvalue weighted by Crippen LogP contribution is 2.18. The molecule has 1 amide bonds. The third kappa shape index (κ3) is 6.32. The van der Waals surface area contributed by atoms with Gasteiger partial charge in [-0.3, -0.25) is 9.69 Å². The molecule has 0 saturated carbocycles. The van der Waals surface area contributed by atoms with Crippen molar-refractivity contribution in [1.29, 1.82) is 0 Å². The lowest BCUT2D eigenvalue weighted by atomic mass is 10.0. The molecule has 2 heterocycles. The maximum absolute atomic E-state index is 13.0. The van der Waals surface area contributed by atoms with E-state index >= 15 is 0 Å². The minimum atomic E-state index is -3.72. The van der Waals surface area contributed by atoms with Gasteiger partial charge in [-0.1, -0.05) is 30.3 Å². The molecule has 1 atom stereocenters. The van der Waals surface area contributed by atoms with Gasteiger partial charge in [-0.25, -0.2) is 13.1 Å². The van der Waals surface area contributed by atoms with Crippen molar-refractivity contribution in [2.24, 2.45) is 0 Å². The Morgan fingerprint density at radius 3 is 2.32 bits per heavy atom. The van der Waals surface area contributed by atoms with E-state index in [0.29, 0.717) is 17.9 Å². The van der Waals surface area contributed by atoms with Crippen LogP contribution < -0.4 is 10.0 Å². The Morgan fingerprint density at radius 1 is 0.971 bits per heavy atom. The number of sulfonamides is 1. The maximum Gasteiger partial charge on any atom is 0.251 e. The number of hydrogen-bond donors (Lipinski definition) is 2. The Morgan fingerprint density at radius 2 is 1.68 bits per heavy atom. The number of nitrogens with zero attached hydrogens (tertiary/aromatic N) is 2. The molecule has 1 saturated heterocycles. The molecule has 3 aromatic rings. The number of furan rings is 1. The predicted molar refractivity (Wildman–Crippen MR) is 130 cm³/mol. The predicted octanol–water partition coefficient (Wildman–Crippen LogP) is 2.48. The van der Waals surface area contributed by atoms with Gasteiger partial charge in [0.2, 0.25) is 10.0 Å². The van der Waals surface area contributed by atoms with Crippen LogP contribution in [0, 0.1) is 0 Å². The molecule has 2 N–H and O–H groups in total. The molecular weight excluding hydrogens is 452 g/mol. The van der Waals surface area contributed by atoms with Gasteiger partial charge < -0.3 is 14.6 Å². The van der Waals surface area contributed by atoms with Gasteiger partial charge in [0.05, 0.1) is 23.7 Å². The number of likely N-dealkylation sites (N-methyl/N-ethyl adjacent to an activating group) is 1. The second kappa shape index (κ2) is 11.0. The Kier molecular flexibility index (Phi) is 7.79. The molecule has 0 radical (unpaired) electrons. The monoisotopic (exact) mass is 482 g/mol. The van der Waals surface area contributed by atoms with Crippen molar-refractivity contribution in [1.82, 2.24) is 19.8 Å².